The smallest absolute Gasteiger partial charge is 0.324 e. The van der Waals surface area contributed by atoms with Crippen molar-refractivity contribution in [2.75, 3.05) is 25.0 Å². The van der Waals surface area contributed by atoms with Crippen molar-refractivity contribution in [2.24, 2.45) is 0 Å². The second-order valence-electron chi connectivity index (χ2n) is 8.98. The minimum Gasteiger partial charge on any atom is -0.388 e. The minimum atomic E-state index is -1.04. The lowest BCUT2D eigenvalue weighted by Crippen LogP contribution is -2.55. The standard InChI is InChI=1S/C24H27N7O4/c1-14(33)23(34)30-7-5-17(6-8-30)31-22-16(12-29(2)24(31)35)11-25-19-4-3-18(28-21(19)22)15-9-26-20(13-32)27-10-15/h3-4,9-11,14,17,32-33H,5-8,12-13H2,1-2H3/t14-/m0/s1. The second-order valence-corrected chi connectivity index (χ2v) is 8.98. The molecule has 35 heavy (non-hydrogen) atoms. The predicted octanol–water partition coefficient (Wildman–Crippen LogP) is 1.32. The summed E-state index contributed by atoms with van der Waals surface area (Å²) in [4.78, 5) is 48.5. The Morgan fingerprint density at radius 3 is 2.51 bits per heavy atom. The number of amides is 3. The molecule has 0 spiro atoms. The maximum atomic E-state index is 13.4. The van der Waals surface area contributed by atoms with Gasteiger partial charge in [-0.1, -0.05) is 0 Å². The Kier molecular flexibility index (Phi) is 6.03. The second kappa shape index (κ2) is 9.16. The molecule has 2 N–H and O–H groups in total. The van der Waals surface area contributed by atoms with Crippen LogP contribution in [0.2, 0.25) is 0 Å². The molecule has 5 heterocycles. The van der Waals surface area contributed by atoms with Gasteiger partial charge in [-0.2, -0.15) is 0 Å². The number of aliphatic hydroxyl groups is 2. The predicted molar refractivity (Wildman–Crippen MR) is 127 cm³/mol. The van der Waals surface area contributed by atoms with Crippen LogP contribution in [0.5, 0.6) is 0 Å². The Labute approximate surface area is 202 Å². The van der Waals surface area contributed by atoms with Gasteiger partial charge in [-0.25, -0.2) is 19.7 Å². The van der Waals surface area contributed by atoms with Crippen LogP contribution in [0.1, 0.15) is 31.2 Å². The molecule has 11 nitrogen and oxygen atoms in total. The summed E-state index contributed by atoms with van der Waals surface area (Å²) in [5.41, 5.74) is 4.27. The normalized spacial score (nSPS) is 17.6. The number of carbonyl (C=O) groups is 2. The fourth-order valence-corrected chi connectivity index (χ4v) is 4.76. The third-order valence-corrected chi connectivity index (χ3v) is 6.58. The Balaban J connectivity index is 1.54. The van der Waals surface area contributed by atoms with E-state index in [9.17, 15) is 19.8 Å². The number of pyridine rings is 2. The van der Waals surface area contributed by atoms with Crippen molar-refractivity contribution in [3.8, 4) is 11.3 Å². The zero-order valence-corrected chi connectivity index (χ0v) is 19.6. The summed E-state index contributed by atoms with van der Waals surface area (Å²) in [6.45, 7) is 2.59. The fraction of sp³-hybridized carbons (Fsp3) is 0.417. The number of likely N-dealkylation sites (tertiary alicyclic amines) is 1. The van der Waals surface area contributed by atoms with Crippen LogP contribution in [0.4, 0.5) is 10.5 Å². The molecule has 5 rings (SSSR count). The summed E-state index contributed by atoms with van der Waals surface area (Å²) in [5.74, 6) is 0.0372. The van der Waals surface area contributed by atoms with Gasteiger partial charge < -0.3 is 20.0 Å². The van der Waals surface area contributed by atoms with E-state index in [2.05, 4.69) is 15.0 Å². The number of rotatable bonds is 4. The first-order chi connectivity index (χ1) is 16.9. The number of fused-ring (bicyclic) bond motifs is 3. The van der Waals surface area contributed by atoms with Crippen LogP contribution >= 0.6 is 0 Å². The highest BCUT2D eigenvalue weighted by molar-refractivity contribution is 6.04. The SMILES string of the molecule is C[C@H](O)C(=O)N1CCC(N2C(=O)N(C)Cc3cnc4ccc(-c5cnc(CO)nc5)nc4c32)CC1. The van der Waals surface area contributed by atoms with Crippen molar-refractivity contribution in [3.63, 3.8) is 0 Å². The summed E-state index contributed by atoms with van der Waals surface area (Å²) in [5, 5.41) is 18.9. The summed E-state index contributed by atoms with van der Waals surface area (Å²) in [6.07, 6.45) is 5.17. The molecule has 0 radical (unpaired) electrons. The van der Waals surface area contributed by atoms with E-state index in [-0.39, 0.29) is 24.6 Å². The molecule has 0 unspecified atom stereocenters. The Hall–Kier alpha value is -3.70. The molecule has 3 aromatic rings. The van der Waals surface area contributed by atoms with Crippen LogP contribution < -0.4 is 4.90 Å². The summed E-state index contributed by atoms with van der Waals surface area (Å²) in [7, 11) is 1.76. The Bertz CT molecular complexity index is 1270. The lowest BCUT2D eigenvalue weighted by Gasteiger charge is -2.43. The van der Waals surface area contributed by atoms with E-state index in [4.69, 9.17) is 4.98 Å². The Morgan fingerprint density at radius 1 is 1.14 bits per heavy atom. The molecule has 1 fully saturated rings. The van der Waals surface area contributed by atoms with Crippen LogP contribution in [-0.2, 0) is 17.9 Å². The molecular weight excluding hydrogens is 450 g/mol. The molecule has 0 saturated carbocycles. The van der Waals surface area contributed by atoms with E-state index in [0.717, 1.165) is 11.3 Å². The topological polar surface area (TPSA) is 136 Å². The van der Waals surface area contributed by atoms with Gasteiger partial charge in [-0.05, 0) is 31.9 Å². The van der Waals surface area contributed by atoms with E-state index in [0.29, 0.717) is 60.6 Å². The van der Waals surface area contributed by atoms with Gasteiger partial charge in [0.25, 0.3) is 5.91 Å². The van der Waals surface area contributed by atoms with E-state index in [1.807, 2.05) is 12.1 Å². The quantitative estimate of drug-likeness (QED) is 0.574. The van der Waals surface area contributed by atoms with Crippen LogP contribution in [0, 0.1) is 0 Å². The maximum absolute atomic E-state index is 13.4. The lowest BCUT2D eigenvalue weighted by atomic mass is 9.99. The van der Waals surface area contributed by atoms with Gasteiger partial charge in [-0.3, -0.25) is 14.7 Å². The number of carbonyl (C=O) groups excluding carboxylic acids is 2. The lowest BCUT2D eigenvalue weighted by molar-refractivity contribution is -0.140. The van der Waals surface area contributed by atoms with Crippen LogP contribution in [0.25, 0.3) is 22.3 Å². The Morgan fingerprint density at radius 2 is 1.86 bits per heavy atom. The van der Waals surface area contributed by atoms with Crippen molar-refractivity contribution in [3.05, 3.63) is 42.1 Å². The largest absolute Gasteiger partial charge is 0.388 e. The van der Waals surface area contributed by atoms with Gasteiger partial charge in [0, 0.05) is 55.9 Å². The average Bonchev–Trinajstić information content (AvgIpc) is 2.89. The maximum Gasteiger partial charge on any atom is 0.324 e. The number of hydrogen-bond donors (Lipinski definition) is 2. The van der Waals surface area contributed by atoms with Crippen molar-refractivity contribution in [1.82, 2.24) is 29.7 Å². The molecule has 0 aliphatic carbocycles. The molecule has 11 heteroatoms. The third-order valence-electron chi connectivity index (χ3n) is 6.58. The zero-order chi connectivity index (χ0) is 24.7. The number of hydrogen-bond acceptors (Lipinski definition) is 8. The molecule has 0 aromatic carbocycles. The summed E-state index contributed by atoms with van der Waals surface area (Å²) in [6, 6.07) is 3.46. The van der Waals surface area contributed by atoms with Gasteiger partial charge in [0.05, 0.1) is 23.4 Å². The van der Waals surface area contributed by atoms with Gasteiger partial charge >= 0.3 is 6.03 Å². The highest BCUT2D eigenvalue weighted by Crippen LogP contribution is 2.37. The van der Waals surface area contributed by atoms with E-state index in [1.165, 1.54) is 6.92 Å². The average molecular weight is 478 g/mol. The van der Waals surface area contributed by atoms with Crippen LogP contribution in [0.3, 0.4) is 0 Å². The van der Waals surface area contributed by atoms with Crippen LogP contribution in [0.15, 0.2) is 30.7 Å². The number of nitrogens with zero attached hydrogens (tertiary/aromatic N) is 7. The molecule has 1 atom stereocenters. The molecular formula is C24H27N7O4. The first kappa shape index (κ1) is 23.1. The van der Waals surface area contributed by atoms with Gasteiger partial charge in [0.15, 0.2) is 5.82 Å². The first-order valence-electron chi connectivity index (χ1n) is 11.6. The summed E-state index contributed by atoms with van der Waals surface area (Å²) >= 11 is 0. The van der Waals surface area contributed by atoms with Crippen molar-refractivity contribution in [2.45, 2.75) is 45.1 Å². The van der Waals surface area contributed by atoms with Gasteiger partial charge in [0.2, 0.25) is 0 Å². The van der Waals surface area contributed by atoms with Gasteiger partial charge in [-0.15, -0.1) is 0 Å². The summed E-state index contributed by atoms with van der Waals surface area (Å²) < 4.78 is 0. The number of aromatic nitrogens is 4. The fourth-order valence-electron chi connectivity index (χ4n) is 4.76. The molecule has 3 amide bonds. The number of piperidine rings is 1. The number of anilines is 1. The molecule has 2 aliphatic rings. The molecule has 182 valence electrons. The first-order valence-corrected chi connectivity index (χ1v) is 11.6. The molecule has 1 saturated heterocycles. The van der Waals surface area contributed by atoms with Crippen LogP contribution in [-0.4, -0.2) is 84.2 Å². The molecule has 3 aromatic heterocycles. The van der Waals surface area contributed by atoms with Crippen molar-refractivity contribution in [1.29, 1.82) is 0 Å². The third kappa shape index (κ3) is 4.17. The molecule has 2 aliphatic heterocycles. The van der Waals surface area contributed by atoms with Gasteiger partial charge in [0.1, 0.15) is 18.2 Å². The highest BCUT2D eigenvalue weighted by Gasteiger charge is 2.38. The van der Waals surface area contributed by atoms with E-state index < -0.39 is 6.10 Å². The highest BCUT2D eigenvalue weighted by atomic mass is 16.3. The van der Waals surface area contributed by atoms with E-state index >= 15 is 0 Å². The number of urea groups is 1. The minimum absolute atomic E-state index is 0.117. The van der Waals surface area contributed by atoms with Crippen molar-refractivity contribution >= 4 is 28.7 Å². The number of aliphatic hydroxyl groups excluding tert-OH is 2. The van der Waals surface area contributed by atoms with Crippen molar-refractivity contribution < 1.29 is 19.8 Å². The zero-order valence-electron chi connectivity index (χ0n) is 19.6. The van der Waals surface area contributed by atoms with E-state index in [1.54, 1.807) is 40.3 Å². The molecule has 0 bridgehead atoms. The monoisotopic (exact) mass is 477 g/mol.